The minimum atomic E-state index is -0.589. The second-order valence-electron chi connectivity index (χ2n) is 3.98. The maximum atomic E-state index is 11.3. The zero-order chi connectivity index (χ0) is 17.0. The zero-order valence-corrected chi connectivity index (χ0v) is 12.2. The predicted molar refractivity (Wildman–Crippen MR) is 75.2 cm³/mol. The van der Waals surface area contributed by atoms with Gasteiger partial charge < -0.3 is 32.3 Å². The Hall–Kier alpha value is -2.69. The molecule has 0 saturated carbocycles. The molecule has 0 aromatic carbocycles. The third-order valence-electron chi connectivity index (χ3n) is 2.25. The van der Waals surface area contributed by atoms with Crippen LogP contribution in [-0.4, -0.2) is 69.3 Å². The van der Waals surface area contributed by atoms with E-state index in [1.54, 1.807) is 0 Å². The lowest BCUT2D eigenvalue weighted by molar-refractivity contribution is -0.129. The van der Waals surface area contributed by atoms with Crippen molar-refractivity contribution in [3.8, 4) is 0 Å². The number of likely N-dealkylation sites (N-methyl/N-ethyl adjacent to an activating group) is 1. The summed E-state index contributed by atoms with van der Waals surface area (Å²) in [6, 6.07) is 0. The SMILES string of the molecule is CNC(=O)CNC(=O)CNC(=O)CNC(=O)CNC(=O)CN. The molecule has 5 amide bonds. The summed E-state index contributed by atoms with van der Waals surface area (Å²) in [5.41, 5.74) is 5.03. The molecule has 11 heteroatoms. The molecule has 0 heterocycles. The number of amides is 5. The van der Waals surface area contributed by atoms with Gasteiger partial charge >= 0.3 is 0 Å². The van der Waals surface area contributed by atoms with Crippen LogP contribution in [0.4, 0.5) is 0 Å². The Balaban J connectivity index is 3.77. The van der Waals surface area contributed by atoms with E-state index in [4.69, 9.17) is 5.73 Å². The van der Waals surface area contributed by atoms with E-state index in [9.17, 15) is 24.0 Å². The molecule has 0 atom stereocenters. The molecular weight excluding hydrogens is 296 g/mol. The van der Waals surface area contributed by atoms with Gasteiger partial charge in [-0.05, 0) is 0 Å². The summed E-state index contributed by atoms with van der Waals surface area (Å²) in [6.45, 7) is -1.40. The van der Waals surface area contributed by atoms with E-state index >= 15 is 0 Å². The van der Waals surface area contributed by atoms with Crippen molar-refractivity contribution in [1.82, 2.24) is 26.6 Å². The highest BCUT2D eigenvalue weighted by Crippen LogP contribution is 1.71. The first kappa shape index (κ1) is 19.3. The van der Waals surface area contributed by atoms with E-state index in [-0.39, 0.29) is 38.6 Å². The summed E-state index contributed by atoms with van der Waals surface area (Å²) in [6.07, 6.45) is 0. The first-order valence-electron chi connectivity index (χ1n) is 6.36. The largest absolute Gasteiger partial charge is 0.358 e. The smallest absolute Gasteiger partial charge is 0.239 e. The fraction of sp³-hybridized carbons (Fsp3) is 0.545. The number of nitrogens with two attached hydrogens (primary N) is 1. The highest BCUT2D eigenvalue weighted by molar-refractivity contribution is 5.91. The van der Waals surface area contributed by atoms with Gasteiger partial charge in [0.1, 0.15) is 0 Å². The van der Waals surface area contributed by atoms with Crippen LogP contribution in [0, 0.1) is 0 Å². The van der Waals surface area contributed by atoms with Crippen LogP contribution in [0.25, 0.3) is 0 Å². The standard InChI is InChI=1S/C11H20N6O5/c1-13-8(19)3-15-10(21)5-17-11(22)6-16-9(20)4-14-7(18)2-12/h2-6,12H2,1H3,(H,13,19)(H,14,18)(H,15,21)(H,16,20)(H,17,22). The van der Waals surface area contributed by atoms with Crippen LogP contribution in [0.3, 0.4) is 0 Å². The lowest BCUT2D eigenvalue weighted by Gasteiger charge is -2.08. The Kier molecular flexibility index (Phi) is 9.67. The van der Waals surface area contributed by atoms with E-state index in [2.05, 4.69) is 26.6 Å². The van der Waals surface area contributed by atoms with Crippen molar-refractivity contribution >= 4 is 29.5 Å². The van der Waals surface area contributed by atoms with Gasteiger partial charge in [0.2, 0.25) is 29.5 Å². The van der Waals surface area contributed by atoms with Crippen LogP contribution in [0.2, 0.25) is 0 Å². The Bertz CT molecular complexity index is 401. The van der Waals surface area contributed by atoms with E-state index < -0.39 is 23.6 Å². The summed E-state index contributed by atoms with van der Waals surface area (Å²) in [5.74, 6) is -2.56. The highest BCUT2D eigenvalue weighted by atomic mass is 16.2. The number of carbonyl (C=O) groups is 5. The van der Waals surface area contributed by atoms with E-state index in [0.29, 0.717) is 0 Å². The number of hydrogen-bond donors (Lipinski definition) is 6. The molecule has 0 aliphatic carbocycles. The van der Waals surface area contributed by atoms with E-state index in [0.717, 1.165) is 0 Å². The van der Waals surface area contributed by atoms with Crippen molar-refractivity contribution in [2.24, 2.45) is 5.73 Å². The minimum absolute atomic E-state index is 0.192. The van der Waals surface area contributed by atoms with Gasteiger partial charge in [-0.2, -0.15) is 0 Å². The molecule has 0 aromatic rings. The van der Waals surface area contributed by atoms with Gasteiger partial charge in [0.15, 0.2) is 0 Å². The van der Waals surface area contributed by atoms with E-state index in [1.165, 1.54) is 7.05 Å². The summed E-state index contributed by atoms with van der Waals surface area (Å²) < 4.78 is 0. The molecule has 0 unspecified atom stereocenters. The van der Waals surface area contributed by atoms with Crippen molar-refractivity contribution in [2.75, 3.05) is 39.8 Å². The van der Waals surface area contributed by atoms with Crippen LogP contribution in [0.5, 0.6) is 0 Å². The van der Waals surface area contributed by atoms with Gasteiger partial charge in [0.25, 0.3) is 0 Å². The summed E-state index contributed by atoms with van der Waals surface area (Å²) >= 11 is 0. The average molecular weight is 316 g/mol. The lowest BCUT2D eigenvalue weighted by atomic mass is 10.4. The number of hydrogen-bond acceptors (Lipinski definition) is 6. The first-order valence-corrected chi connectivity index (χ1v) is 6.36. The van der Waals surface area contributed by atoms with Gasteiger partial charge in [-0.3, -0.25) is 24.0 Å². The molecule has 22 heavy (non-hydrogen) atoms. The topological polar surface area (TPSA) is 172 Å². The van der Waals surface area contributed by atoms with Crippen LogP contribution in [-0.2, 0) is 24.0 Å². The van der Waals surface area contributed by atoms with E-state index in [1.807, 2.05) is 0 Å². The van der Waals surface area contributed by atoms with Gasteiger partial charge in [0, 0.05) is 7.05 Å². The molecular formula is C11H20N6O5. The molecule has 11 nitrogen and oxygen atoms in total. The molecule has 0 radical (unpaired) electrons. The Morgan fingerprint density at radius 2 is 0.955 bits per heavy atom. The van der Waals surface area contributed by atoms with Crippen LogP contribution < -0.4 is 32.3 Å². The van der Waals surface area contributed by atoms with Crippen LogP contribution in [0.15, 0.2) is 0 Å². The highest BCUT2D eigenvalue weighted by Gasteiger charge is 2.09. The summed E-state index contributed by atoms with van der Waals surface area (Å²) in [5, 5.41) is 11.3. The molecule has 0 aromatic heterocycles. The molecule has 7 N–H and O–H groups in total. The Morgan fingerprint density at radius 3 is 1.27 bits per heavy atom. The molecule has 0 rings (SSSR count). The normalized spacial score (nSPS) is 9.36. The maximum Gasteiger partial charge on any atom is 0.239 e. The molecule has 0 aliphatic heterocycles. The van der Waals surface area contributed by atoms with Gasteiger partial charge in [-0.25, -0.2) is 0 Å². The molecule has 0 bridgehead atoms. The Labute approximate surface area is 126 Å². The van der Waals surface area contributed by atoms with Crippen molar-refractivity contribution in [2.45, 2.75) is 0 Å². The summed E-state index contributed by atoms with van der Waals surface area (Å²) in [4.78, 5) is 55.5. The second-order valence-corrected chi connectivity index (χ2v) is 3.98. The number of nitrogens with one attached hydrogen (secondary N) is 5. The van der Waals surface area contributed by atoms with Crippen molar-refractivity contribution in [3.63, 3.8) is 0 Å². The third kappa shape index (κ3) is 10.1. The fourth-order valence-corrected chi connectivity index (χ4v) is 1.06. The zero-order valence-electron chi connectivity index (χ0n) is 12.2. The number of rotatable bonds is 9. The van der Waals surface area contributed by atoms with Crippen molar-refractivity contribution in [1.29, 1.82) is 0 Å². The predicted octanol–water partition coefficient (Wildman–Crippen LogP) is -4.84. The molecule has 124 valence electrons. The minimum Gasteiger partial charge on any atom is -0.358 e. The Morgan fingerprint density at radius 1 is 0.636 bits per heavy atom. The summed E-state index contributed by atoms with van der Waals surface area (Å²) in [7, 11) is 1.43. The van der Waals surface area contributed by atoms with Crippen LogP contribution in [0.1, 0.15) is 0 Å². The average Bonchev–Trinajstić information content (AvgIpc) is 2.53. The molecule has 0 spiro atoms. The van der Waals surface area contributed by atoms with Crippen molar-refractivity contribution < 1.29 is 24.0 Å². The second kappa shape index (κ2) is 11.0. The fourth-order valence-electron chi connectivity index (χ4n) is 1.06. The monoisotopic (exact) mass is 316 g/mol. The molecule has 0 saturated heterocycles. The van der Waals surface area contributed by atoms with Crippen LogP contribution >= 0.6 is 0 Å². The quantitative estimate of drug-likeness (QED) is 0.249. The van der Waals surface area contributed by atoms with Gasteiger partial charge in [0.05, 0.1) is 32.7 Å². The number of carbonyl (C=O) groups excluding carboxylic acids is 5. The third-order valence-corrected chi connectivity index (χ3v) is 2.25. The van der Waals surface area contributed by atoms with Gasteiger partial charge in [-0.1, -0.05) is 0 Å². The molecule has 0 fully saturated rings. The lowest BCUT2D eigenvalue weighted by Crippen LogP contribution is -2.45. The molecule has 0 aliphatic rings. The first-order chi connectivity index (χ1) is 10.4. The van der Waals surface area contributed by atoms with Gasteiger partial charge in [-0.15, -0.1) is 0 Å². The maximum absolute atomic E-state index is 11.3. The van der Waals surface area contributed by atoms with Crippen molar-refractivity contribution in [3.05, 3.63) is 0 Å².